The number of carbonyl (C=O) groups is 1. The first-order valence-corrected chi connectivity index (χ1v) is 7.37. The molecule has 0 saturated heterocycles. The molecule has 0 unspecified atom stereocenters. The summed E-state index contributed by atoms with van der Waals surface area (Å²) in [4.78, 5) is 11.9. The Morgan fingerprint density at radius 1 is 1.14 bits per heavy atom. The van der Waals surface area contributed by atoms with Crippen LogP contribution in [0.15, 0.2) is 42.5 Å². The van der Waals surface area contributed by atoms with Crippen molar-refractivity contribution in [3.63, 3.8) is 0 Å². The Bertz CT molecular complexity index is 633. The number of rotatable bonds is 6. The number of hydrogen-bond donors (Lipinski definition) is 2. The molecule has 116 valence electrons. The highest BCUT2D eigenvalue weighted by atomic mass is 16.5. The number of nitrogens with one attached hydrogen (secondary N) is 1. The summed E-state index contributed by atoms with van der Waals surface area (Å²) < 4.78 is 5.64. The maximum absolute atomic E-state index is 11.9. The Balaban J connectivity index is 1.82. The summed E-state index contributed by atoms with van der Waals surface area (Å²) in [5.41, 5.74) is 9.64. The maximum Gasteiger partial charge on any atom is 0.227 e. The van der Waals surface area contributed by atoms with Crippen LogP contribution < -0.4 is 15.8 Å². The fourth-order valence-electron chi connectivity index (χ4n) is 2.28. The van der Waals surface area contributed by atoms with E-state index in [4.69, 9.17) is 10.5 Å². The van der Waals surface area contributed by atoms with E-state index >= 15 is 0 Å². The zero-order valence-corrected chi connectivity index (χ0v) is 13.1. The first-order valence-electron chi connectivity index (χ1n) is 7.37. The number of nitrogens with two attached hydrogens (primary N) is 1. The highest BCUT2D eigenvalue weighted by Gasteiger charge is 2.04. The number of carbonyl (C=O) groups excluding carboxylic acids is 1. The summed E-state index contributed by atoms with van der Waals surface area (Å²) in [5.74, 6) is 0.731. The predicted octanol–water partition coefficient (Wildman–Crippen LogP) is 3.17. The van der Waals surface area contributed by atoms with Gasteiger partial charge in [-0.15, -0.1) is 0 Å². The number of amides is 1. The van der Waals surface area contributed by atoms with Crippen molar-refractivity contribution >= 4 is 11.6 Å². The third-order valence-electron chi connectivity index (χ3n) is 3.24. The lowest BCUT2D eigenvalue weighted by Crippen LogP contribution is -2.15. The van der Waals surface area contributed by atoms with Crippen molar-refractivity contribution in [3.05, 3.63) is 59.2 Å². The van der Waals surface area contributed by atoms with E-state index in [9.17, 15) is 4.79 Å². The predicted molar refractivity (Wildman–Crippen MR) is 89.0 cm³/mol. The van der Waals surface area contributed by atoms with Crippen LogP contribution in [-0.4, -0.2) is 12.5 Å². The van der Waals surface area contributed by atoms with Gasteiger partial charge in [-0.25, -0.2) is 0 Å². The van der Waals surface area contributed by atoms with Crippen molar-refractivity contribution in [3.8, 4) is 5.75 Å². The first kappa shape index (κ1) is 16.0. The molecule has 0 aliphatic heterocycles. The molecule has 3 N–H and O–H groups in total. The van der Waals surface area contributed by atoms with Gasteiger partial charge >= 0.3 is 0 Å². The second kappa shape index (κ2) is 7.61. The molecule has 4 heteroatoms. The van der Waals surface area contributed by atoms with Gasteiger partial charge < -0.3 is 15.8 Å². The van der Waals surface area contributed by atoms with Crippen LogP contribution in [0.1, 0.15) is 23.1 Å². The standard InChI is InChI=1S/C18H22N2O2/c1-13-8-14(2)10-17(9-13)22-7-6-18(21)20-16-5-3-4-15(11-16)12-19/h3-5,8-11H,6-7,12,19H2,1-2H3,(H,20,21). The Hall–Kier alpha value is -2.33. The van der Waals surface area contributed by atoms with Gasteiger partial charge in [-0.1, -0.05) is 18.2 Å². The fourth-order valence-corrected chi connectivity index (χ4v) is 2.28. The van der Waals surface area contributed by atoms with E-state index in [2.05, 4.69) is 11.4 Å². The van der Waals surface area contributed by atoms with E-state index in [0.717, 1.165) is 28.1 Å². The summed E-state index contributed by atoms with van der Waals surface area (Å²) in [6.07, 6.45) is 0.305. The molecule has 0 saturated carbocycles. The normalized spacial score (nSPS) is 10.3. The number of aryl methyl sites for hydroxylation is 2. The van der Waals surface area contributed by atoms with E-state index in [1.54, 1.807) is 0 Å². The second-order valence-corrected chi connectivity index (χ2v) is 5.37. The van der Waals surface area contributed by atoms with Gasteiger partial charge in [0.05, 0.1) is 13.0 Å². The number of benzene rings is 2. The minimum absolute atomic E-state index is 0.0708. The first-order chi connectivity index (χ1) is 10.6. The minimum atomic E-state index is -0.0708. The molecule has 1 amide bonds. The summed E-state index contributed by atoms with van der Waals surface area (Å²) in [5, 5.41) is 2.85. The smallest absolute Gasteiger partial charge is 0.227 e. The molecule has 4 nitrogen and oxygen atoms in total. The van der Waals surface area contributed by atoms with Crippen LogP contribution in [0.25, 0.3) is 0 Å². The van der Waals surface area contributed by atoms with Crippen LogP contribution in [0.3, 0.4) is 0 Å². The summed E-state index contributed by atoms with van der Waals surface area (Å²) in [6, 6.07) is 13.6. The Morgan fingerprint density at radius 3 is 2.55 bits per heavy atom. The topological polar surface area (TPSA) is 64.3 Å². The number of ether oxygens (including phenoxy) is 1. The average Bonchev–Trinajstić information content (AvgIpc) is 2.46. The largest absolute Gasteiger partial charge is 0.493 e. The molecule has 0 aliphatic carbocycles. The van der Waals surface area contributed by atoms with Gasteiger partial charge in [0.1, 0.15) is 5.75 Å². The molecule has 0 bridgehead atoms. The minimum Gasteiger partial charge on any atom is -0.493 e. The van der Waals surface area contributed by atoms with Gasteiger partial charge in [0.2, 0.25) is 5.91 Å². The number of hydrogen-bond acceptors (Lipinski definition) is 3. The molecular weight excluding hydrogens is 276 g/mol. The lowest BCUT2D eigenvalue weighted by atomic mass is 10.1. The lowest BCUT2D eigenvalue weighted by molar-refractivity contribution is -0.116. The van der Waals surface area contributed by atoms with Gasteiger partial charge in [0.25, 0.3) is 0 Å². The summed E-state index contributed by atoms with van der Waals surface area (Å²) in [7, 11) is 0. The van der Waals surface area contributed by atoms with Crippen LogP contribution in [-0.2, 0) is 11.3 Å². The van der Waals surface area contributed by atoms with Gasteiger partial charge in [-0.3, -0.25) is 4.79 Å². The van der Waals surface area contributed by atoms with Crippen molar-refractivity contribution in [2.45, 2.75) is 26.8 Å². The SMILES string of the molecule is Cc1cc(C)cc(OCCC(=O)Nc2cccc(CN)c2)c1. The second-order valence-electron chi connectivity index (χ2n) is 5.37. The van der Waals surface area contributed by atoms with Crippen LogP contribution in [0, 0.1) is 13.8 Å². The molecule has 22 heavy (non-hydrogen) atoms. The molecule has 0 atom stereocenters. The van der Waals surface area contributed by atoms with E-state index in [0.29, 0.717) is 19.6 Å². The van der Waals surface area contributed by atoms with Crippen molar-refractivity contribution < 1.29 is 9.53 Å². The van der Waals surface area contributed by atoms with Gasteiger partial charge in [0.15, 0.2) is 0 Å². The average molecular weight is 298 g/mol. The zero-order chi connectivity index (χ0) is 15.9. The number of anilines is 1. The van der Waals surface area contributed by atoms with Gasteiger partial charge in [0, 0.05) is 12.2 Å². The van der Waals surface area contributed by atoms with Crippen molar-refractivity contribution in [2.24, 2.45) is 5.73 Å². The zero-order valence-electron chi connectivity index (χ0n) is 13.1. The molecule has 2 aromatic carbocycles. The molecule has 0 radical (unpaired) electrons. The molecule has 2 rings (SSSR count). The van der Waals surface area contributed by atoms with Gasteiger partial charge in [-0.2, -0.15) is 0 Å². The Labute approximate surface area is 131 Å². The molecule has 2 aromatic rings. The molecule has 0 spiro atoms. The third kappa shape index (κ3) is 4.90. The molecule has 0 aliphatic rings. The molecule has 0 aromatic heterocycles. The van der Waals surface area contributed by atoms with Crippen molar-refractivity contribution in [1.29, 1.82) is 0 Å². The Kier molecular flexibility index (Phi) is 5.55. The molecular formula is C18H22N2O2. The summed E-state index contributed by atoms with van der Waals surface area (Å²) >= 11 is 0. The van der Waals surface area contributed by atoms with Crippen LogP contribution in [0.2, 0.25) is 0 Å². The van der Waals surface area contributed by atoms with Gasteiger partial charge in [-0.05, 0) is 54.8 Å². The highest BCUT2D eigenvalue weighted by Crippen LogP contribution is 2.16. The fraction of sp³-hybridized carbons (Fsp3) is 0.278. The third-order valence-corrected chi connectivity index (χ3v) is 3.24. The molecule has 0 heterocycles. The van der Waals surface area contributed by atoms with E-state index < -0.39 is 0 Å². The lowest BCUT2D eigenvalue weighted by Gasteiger charge is -2.09. The van der Waals surface area contributed by atoms with Crippen LogP contribution in [0.4, 0.5) is 5.69 Å². The van der Waals surface area contributed by atoms with Crippen LogP contribution in [0.5, 0.6) is 5.75 Å². The van der Waals surface area contributed by atoms with Crippen molar-refractivity contribution in [1.82, 2.24) is 0 Å². The quantitative estimate of drug-likeness (QED) is 0.861. The Morgan fingerprint density at radius 2 is 1.86 bits per heavy atom. The summed E-state index contributed by atoms with van der Waals surface area (Å²) in [6.45, 7) is 4.86. The van der Waals surface area contributed by atoms with Crippen molar-refractivity contribution in [2.75, 3.05) is 11.9 Å². The highest BCUT2D eigenvalue weighted by molar-refractivity contribution is 5.90. The monoisotopic (exact) mass is 298 g/mol. The van der Waals surface area contributed by atoms with E-state index in [1.807, 2.05) is 50.2 Å². The van der Waals surface area contributed by atoms with E-state index in [1.165, 1.54) is 0 Å². The van der Waals surface area contributed by atoms with E-state index in [-0.39, 0.29) is 5.91 Å². The maximum atomic E-state index is 11.9. The molecule has 0 fully saturated rings. The van der Waals surface area contributed by atoms with Crippen LogP contribution >= 0.6 is 0 Å².